The average Bonchev–Trinajstić information content (AvgIpc) is 2.45. The number of nitrogens with zero attached hydrogens (tertiary/aromatic N) is 1. The first-order valence-corrected chi connectivity index (χ1v) is 7.95. The Morgan fingerprint density at radius 2 is 2.16 bits per heavy atom. The highest BCUT2D eigenvalue weighted by atomic mass is 79.9. The van der Waals surface area contributed by atoms with Gasteiger partial charge in [0.25, 0.3) is 0 Å². The minimum absolute atomic E-state index is 0.675. The van der Waals surface area contributed by atoms with Crippen LogP contribution in [0.4, 0.5) is 0 Å². The molecule has 4 heteroatoms. The minimum atomic E-state index is 0.675. The molecular weight excluding hydrogens is 304 g/mol. The van der Waals surface area contributed by atoms with E-state index in [9.17, 15) is 0 Å². The summed E-state index contributed by atoms with van der Waals surface area (Å²) in [6, 6.07) is 8.69. The van der Waals surface area contributed by atoms with Crippen molar-refractivity contribution < 1.29 is 4.74 Å². The topological polar surface area (TPSA) is 24.5 Å². The zero-order valence-electron chi connectivity index (χ0n) is 11.1. The number of benzene rings is 1. The predicted octanol–water partition coefficient (Wildman–Crippen LogP) is 2.51. The van der Waals surface area contributed by atoms with Crippen LogP contribution in [0.3, 0.4) is 0 Å². The lowest BCUT2D eigenvalue weighted by atomic mass is 9.84. The quantitative estimate of drug-likeness (QED) is 0.842. The van der Waals surface area contributed by atoms with Crippen LogP contribution in [-0.4, -0.2) is 43.7 Å². The Bertz CT molecular complexity index is 418. The van der Waals surface area contributed by atoms with Gasteiger partial charge in [-0.2, -0.15) is 0 Å². The zero-order valence-corrected chi connectivity index (χ0v) is 12.7. The molecule has 1 aromatic carbocycles. The van der Waals surface area contributed by atoms with Crippen LogP contribution in [0.1, 0.15) is 12.8 Å². The second kappa shape index (κ2) is 6.25. The Labute approximate surface area is 123 Å². The van der Waals surface area contributed by atoms with E-state index in [1.165, 1.54) is 32.5 Å². The van der Waals surface area contributed by atoms with Crippen molar-refractivity contribution in [3.05, 3.63) is 28.7 Å². The zero-order chi connectivity index (χ0) is 13.1. The molecule has 3 saturated heterocycles. The maximum atomic E-state index is 5.75. The van der Waals surface area contributed by atoms with Gasteiger partial charge >= 0.3 is 0 Å². The van der Waals surface area contributed by atoms with Crippen LogP contribution >= 0.6 is 15.9 Å². The van der Waals surface area contributed by atoms with Gasteiger partial charge in [0.05, 0.1) is 0 Å². The van der Waals surface area contributed by atoms with Gasteiger partial charge in [-0.15, -0.1) is 0 Å². The molecular formula is C15H21BrN2O. The molecule has 0 spiro atoms. The van der Waals surface area contributed by atoms with Crippen LogP contribution in [-0.2, 0) is 0 Å². The summed E-state index contributed by atoms with van der Waals surface area (Å²) in [7, 11) is 0. The maximum Gasteiger partial charge on any atom is 0.120 e. The number of halogens is 1. The molecule has 1 N–H and O–H groups in total. The number of ether oxygens (including phenoxy) is 1. The summed E-state index contributed by atoms with van der Waals surface area (Å²) < 4.78 is 6.82. The molecule has 0 aromatic heterocycles. The lowest BCUT2D eigenvalue weighted by Gasteiger charge is -2.45. The Morgan fingerprint density at radius 3 is 2.84 bits per heavy atom. The monoisotopic (exact) mass is 324 g/mol. The molecule has 4 rings (SSSR count). The summed E-state index contributed by atoms with van der Waals surface area (Å²) in [5.41, 5.74) is 0. The first-order valence-electron chi connectivity index (χ1n) is 7.15. The highest BCUT2D eigenvalue weighted by Crippen LogP contribution is 2.27. The molecule has 0 saturated carbocycles. The lowest BCUT2D eigenvalue weighted by Crippen LogP contribution is -2.56. The van der Waals surface area contributed by atoms with Crippen LogP contribution in [0.5, 0.6) is 5.75 Å². The molecule has 19 heavy (non-hydrogen) atoms. The molecule has 1 unspecified atom stereocenters. The summed E-state index contributed by atoms with van der Waals surface area (Å²) in [6.45, 7) is 5.50. The number of hydrogen-bond donors (Lipinski definition) is 1. The molecule has 1 aromatic rings. The van der Waals surface area contributed by atoms with Gasteiger partial charge in [-0.3, -0.25) is 0 Å². The SMILES string of the molecule is Brc1cccc(OCCNC2CN3CCC2CC3)c1. The normalized spacial score (nSPS) is 29.4. The molecule has 3 nitrogen and oxygen atoms in total. The summed E-state index contributed by atoms with van der Waals surface area (Å²) in [4.78, 5) is 2.58. The van der Waals surface area contributed by atoms with Crippen molar-refractivity contribution in [2.24, 2.45) is 5.92 Å². The van der Waals surface area contributed by atoms with E-state index in [-0.39, 0.29) is 0 Å². The van der Waals surface area contributed by atoms with Crippen LogP contribution < -0.4 is 10.1 Å². The Kier molecular flexibility index (Phi) is 4.41. The average molecular weight is 325 g/mol. The summed E-state index contributed by atoms with van der Waals surface area (Å²) in [6.07, 6.45) is 2.73. The van der Waals surface area contributed by atoms with Crippen molar-refractivity contribution in [3.63, 3.8) is 0 Å². The van der Waals surface area contributed by atoms with E-state index in [4.69, 9.17) is 4.74 Å². The largest absolute Gasteiger partial charge is 0.492 e. The first-order chi connectivity index (χ1) is 9.31. The molecule has 3 aliphatic rings. The second-order valence-corrected chi connectivity index (χ2v) is 6.42. The predicted molar refractivity (Wildman–Crippen MR) is 80.6 cm³/mol. The molecule has 0 aliphatic carbocycles. The highest BCUT2D eigenvalue weighted by molar-refractivity contribution is 9.10. The van der Waals surface area contributed by atoms with Gasteiger partial charge in [-0.1, -0.05) is 22.0 Å². The molecule has 3 heterocycles. The van der Waals surface area contributed by atoms with Crippen LogP contribution in [0.15, 0.2) is 28.7 Å². The molecule has 0 radical (unpaired) electrons. The van der Waals surface area contributed by atoms with Crippen molar-refractivity contribution in [1.29, 1.82) is 0 Å². The minimum Gasteiger partial charge on any atom is -0.492 e. The van der Waals surface area contributed by atoms with Crippen molar-refractivity contribution in [2.75, 3.05) is 32.8 Å². The highest BCUT2D eigenvalue weighted by Gasteiger charge is 2.33. The van der Waals surface area contributed by atoms with Crippen LogP contribution in [0.2, 0.25) is 0 Å². The summed E-state index contributed by atoms with van der Waals surface area (Å²) in [5.74, 6) is 1.82. The van der Waals surface area contributed by atoms with Gasteiger partial charge in [0.2, 0.25) is 0 Å². The van der Waals surface area contributed by atoms with Gasteiger partial charge in [0.15, 0.2) is 0 Å². The summed E-state index contributed by atoms with van der Waals surface area (Å²) >= 11 is 3.45. The Hall–Kier alpha value is -0.580. The van der Waals surface area contributed by atoms with E-state index in [0.717, 1.165) is 29.3 Å². The molecule has 104 valence electrons. The van der Waals surface area contributed by atoms with Gasteiger partial charge in [-0.05, 0) is 50.0 Å². The molecule has 2 bridgehead atoms. The lowest BCUT2D eigenvalue weighted by molar-refractivity contribution is 0.0710. The van der Waals surface area contributed by atoms with Gasteiger partial charge < -0.3 is 15.0 Å². The second-order valence-electron chi connectivity index (χ2n) is 5.50. The third kappa shape index (κ3) is 3.50. The fraction of sp³-hybridized carbons (Fsp3) is 0.600. The van der Waals surface area contributed by atoms with E-state index in [2.05, 4.69) is 26.1 Å². The number of nitrogens with one attached hydrogen (secondary N) is 1. The molecule has 3 aliphatic heterocycles. The van der Waals surface area contributed by atoms with Crippen LogP contribution in [0, 0.1) is 5.92 Å². The summed E-state index contributed by atoms with van der Waals surface area (Å²) in [5, 5.41) is 3.66. The van der Waals surface area contributed by atoms with Gasteiger partial charge in [0, 0.05) is 23.6 Å². The van der Waals surface area contributed by atoms with E-state index in [1.54, 1.807) is 0 Å². The fourth-order valence-corrected chi connectivity index (χ4v) is 3.54. The van der Waals surface area contributed by atoms with Crippen LogP contribution in [0.25, 0.3) is 0 Å². The van der Waals surface area contributed by atoms with E-state index in [0.29, 0.717) is 6.04 Å². The number of rotatable bonds is 5. The van der Waals surface area contributed by atoms with Gasteiger partial charge in [-0.25, -0.2) is 0 Å². The third-order valence-electron chi connectivity index (χ3n) is 4.23. The Morgan fingerprint density at radius 1 is 1.32 bits per heavy atom. The third-order valence-corrected chi connectivity index (χ3v) is 4.72. The number of hydrogen-bond acceptors (Lipinski definition) is 3. The van der Waals surface area contributed by atoms with Crippen molar-refractivity contribution >= 4 is 15.9 Å². The van der Waals surface area contributed by atoms with Crippen molar-refractivity contribution in [2.45, 2.75) is 18.9 Å². The fourth-order valence-electron chi connectivity index (χ4n) is 3.17. The number of piperidine rings is 3. The smallest absolute Gasteiger partial charge is 0.120 e. The standard InChI is InChI=1S/C15H21BrN2O/c16-13-2-1-3-14(10-13)19-9-6-17-15-11-18-7-4-12(15)5-8-18/h1-3,10,12,15,17H,4-9,11H2. The maximum absolute atomic E-state index is 5.75. The first kappa shape index (κ1) is 13.4. The van der Waals surface area contributed by atoms with Crippen molar-refractivity contribution in [1.82, 2.24) is 10.2 Å². The van der Waals surface area contributed by atoms with Gasteiger partial charge in [0.1, 0.15) is 12.4 Å². The molecule has 0 amide bonds. The number of fused-ring (bicyclic) bond motifs is 3. The molecule has 3 fully saturated rings. The molecule has 1 atom stereocenters. The van der Waals surface area contributed by atoms with E-state index >= 15 is 0 Å². The Balaban J connectivity index is 1.39. The van der Waals surface area contributed by atoms with E-state index < -0.39 is 0 Å². The van der Waals surface area contributed by atoms with Crippen molar-refractivity contribution in [3.8, 4) is 5.75 Å². The van der Waals surface area contributed by atoms with E-state index in [1.807, 2.05) is 24.3 Å².